The standard InChI is InChI=1S/C14H18Cl2N2O2/c1-9(19)18(16)10-5-6-12(17-13(20)8-15)11(7-10)14(2,3)4/h5-7H,8H2,1-4H3,(H,17,20). The molecule has 1 rings (SSSR count). The number of carbonyl (C=O) groups excluding carboxylic acids is 2. The van der Waals surface area contributed by atoms with E-state index in [9.17, 15) is 9.59 Å². The van der Waals surface area contributed by atoms with Crippen LogP contribution in [-0.4, -0.2) is 17.7 Å². The van der Waals surface area contributed by atoms with Crippen LogP contribution in [0.5, 0.6) is 0 Å². The maximum absolute atomic E-state index is 11.5. The molecule has 0 aliphatic heterocycles. The van der Waals surface area contributed by atoms with Crippen molar-refractivity contribution in [1.82, 2.24) is 0 Å². The van der Waals surface area contributed by atoms with Crippen LogP contribution in [0.3, 0.4) is 0 Å². The Bertz CT molecular complexity index is 524. The summed E-state index contributed by atoms with van der Waals surface area (Å²) in [6, 6.07) is 5.18. The predicted molar refractivity (Wildman–Crippen MR) is 83.5 cm³/mol. The first-order valence-corrected chi connectivity index (χ1v) is 7.01. The molecule has 0 aliphatic carbocycles. The highest BCUT2D eigenvalue weighted by atomic mass is 35.5. The lowest BCUT2D eigenvalue weighted by Crippen LogP contribution is -2.21. The van der Waals surface area contributed by atoms with Crippen LogP contribution in [0.15, 0.2) is 18.2 Å². The van der Waals surface area contributed by atoms with Crippen LogP contribution >= 0.6 is 23.4 Å². The van der Waals surface area contributed by atoms with Gasteiger partial charge in [-0.1, -0.05) is 20.8 Å². The van der Waals surface area contributed by atoms with Crippen molar-refractivity contribution in [2.45, 2.75) is 33.1 Å². The van der Waals surface area contributed by atoms with E-state index in [1.807, 2.05) is 20.8 Å². The highest BCUT2D eigenvalue weighted by Gasteiger charge is 2.21. The minimum Gasteiger partial charge on any atom is -0.325 e. The maximum Gasteiger partial charge on any atom is 0.239 e. The summed E-state index contributed by atoms with van der Waals surface area (Å²) in [4.78, 5) is 22.8. The Morgan fingerprint density at radius 1 is 1.30 bits per heavy atom. The van der Waals surface area contributed by atoms with E-state index in [2.05, 4.69) is 5.32 Å². The number of alkyl halides is 1. The van der Waals surface area contributed by atoms with Gasteiger partial charge in [-0.15, -0.1) is 11.6 Å². The summed E-state index contributed by atoms with van der Waals surface area (Å²) in [5.74, 6) is -0.663. The topological polar surface area (TPSA) is 49.4 Å². The second kappa shape index (κ2) is 6.46. The van der Waals surface area contributed by atoms with Gasteiger partial charge in [-0.25, -0.2) is 4.42 Å². The minimum absolute atomic E-state index is 0.111. The molecule has 6 heteroatoms. The average molecular weight is 317 g/mol. The van der Waals surface area contributed by atoms with E-state index in [1.165, 1.54) is 6.92 Å². The normalized spacial score (nSPS) is 11.1. The molecule has 0 unspecified atom stereocenters. The van der Waals surface area contributed by atoms with Gasteiger partial charge in [0.15, 0.2) is 0 Å². The lowest BCUT2D eigenvalue weighted by Gasteiger charge is -2.25. The van der Waals surface area contributed by atoms with Crippen LogP contribution in [0.25, 0.3) is 0 Å². The quantitative estimate of drug-likeness (QED) is 0.683. The lowest BCUT2D eigenvalue weighted by molar-refractivity contribution is -0.115. The summed E-state index contributed by atoms with van der Waals surface area (Å²) in [6.07, 6.45) is 0. The second-order valence-electron chi connectivity index (χ2n) is 5.46. The highest BCUT2D eigenvalue weighted by Crippen LogP contribution is 2.33. The molecule has 0 atom stereocenters. The highest BCUT2D eigenvalue weighted by molar-refractivity contribution is 6.36. The fourth-order valence-corrected chi connectivity index (χ4v) is 1.92. The van der Waals surface area contributed by atoms with Crippen molar-refractivity contribution in [2.75, 3.05) is 15.6 Å². The Balaban J connectivity index is 3.27. The van der Waals surface area contributed by atoms with Crippen LogP contribution in [-0.2, 0) is 15.0 Å². The fourth-order valence-electron chi connectivity index (χ4n) is 1.75. The first-order valence-electron chi connectivity index (χ1n) is 6.13. The molecular weight excluding hydrogens is 299 g/mol. The van der Waals surface area contributed by atoms with Crippen molar-refractivity contribution in [1.29, 1.82) is 0 Å². The summed E-state index contributed by atoms with van der Waals surface area (Å²) in [5, 5.41) is 2.74. The van der Waals surface area contributed by atoms with Gasteiger partial charge in [0.2, 0.25) is 11.8 Å². The lowest BCUT2D eigenvalue weighted by atomic mass is 9.85. The number of benzene rings is 1. The number of halogens is 2. The molecule has 0 aromatic heterocycles. The third-order valence-corrected chi connectivity index (χ3v) is 3.39. The Morgan fingerprint density at radius 2 is 1.90 bits per heavy atom. The first-order chi connectivity index (χ1) is 9.16. The summed E-state index contributed by atoms with van der Waals surface area (Å²) >= 11 is 11.4. The molecule has 110 valence electrons. The summed E-state index contributed by atoms with van der Waals surface area (Å²) in [7, 11) is 0. The van der Waals surface area contributed by atoms with Gasteiger partial charge >= 0.3 is 0 Å². The minimum atomic E-state index is -0.279. The van der Waals surface area contributed by atoms with Gasteiger partial charge in [0.05, 0.1) is 5.69 Å². The third kappa shape index (κ3) is 4.12. The van der Waals surface area contributed by atoms with Gasteiger partial charge in [-0.2, -0.15) is 0 Å². The van der Waals surface area contributed by atoms with Crippen molar-refractivity contribution in [3.05, 3.63) is 23.8 Å². The van der Waals surface area contributed by atoms with Crippen molar-refractivity contribution < 1.29 is 9.59 Å². The number of hydrogen-bond acceptors (Lipinski definition) is 2. The Kier molecular flexibility index (Phi) is 5.42. The number of amides is 2. The average Bonchev–Trinajstić information content (AvgIpc) is 2.36. The van der Waals surface area contributed by atoms with Gasteiger partial charge in [0, 0.05) is 24.4 Å². The molecule has 0 saturated carbocycles. The largest absolute Gasteiger partial charge is 0.325 e. The van der Waals surface area contributed by atoms with E-state index in [-0.39, 0.29) is 23.1 Å². The maximum atomic E-state index is 11.5. The molecule has 2 amide bonds. The van der Waals surface area contributed by atoms with Crippen LogP contribution in [0.1, 0.15) is 33.3 Å². The van der Waals surface area contributed by atoms with Crippen molar-refractivity contribution in [3.8, 4) is 0 Å². The molecule has 1 aromatic carbocycles. The van der Waals surface area contributed by atoms with E-state index >= 15 is 0 Å². The molecule has 0 spiro atoms. The van der Waals surface area contributed by atoms with E-state index < -0.39 is 0 Å². The molecule has 20 heavy (non-hydrogen) atoms. The van der Waals surface area contributed by atoms with Crippen LogP contribution in [0, 0.1) is 0 Å². The van der Waals surface area contributed by atoms with Gasteiger partial charge < -0.3 is 5.32 Å². The Labute approximate surface area is 129 Å². The SMILES string of the molecule is CC(=O)N(Cl)c1ccc(NC(=O)CCl)c(C(C)(C)C)c1. The van der Waals surface area contributed by atoms with E-state index in [4.69, 9.17) is 23.4 Å². The number of anilines is 2. The Hall–Kier alpha value is -1.26. The van der Waals surface area contributed by atoms with Crippen LogP contribution in [0.4, 0.5) is 11.4 Å². The first kappa shape index (κ1) is 16.8. The van der Waals surface area contributed by atoms with Crippen molar-refractivity contribution in [2.24, 2.45) is 0 Å². The molecule has 0 aliphatic rings. The zero-order valence-corrected chi connectivity index (χ0v) is 13.5. The Morgan fingerprint density at radius 3 is 2.35 bits per heavy atom. The monoisotopic (exact) mass is 316 g/mol. The molecule has 1 N–H and O–H groups in total. The molecule has 0 bridgehead atoms. The van der Waals surface area contributed by atoms with E-state index in [1.54, 1.807) is 18.2 Å². The van der Waals surface area contributed by atoms with Crippen molar-refractivity contribution in [3.63, 3.8) is 0 Å². The zero-order valence-electron chi connectivity index (χ0n) is 12.0. The van der Waals surface area contributed by atoms with Crippen LogP contribution in [0.2, 0.25) is 0 Å². The molecule has 0 heterocycles. The van der Waals surface area contributed by atoms with Crippen molar-refractivity contribution >= 4 is 46.6 Å². The number of hydrogen-bond donors (Lipinski definition) is 1. The van der Waals surface area contributed by atoms with Gasteiger partial charge in [-0.05, 0) is 29.2 Å². The van der Waals surface area contributed by atoms with Crippen LogP contribution < -0.4 is 9.74 Å². The van der Waals surface area contributed by atoms with E-state index in [0.29, 0.717) is 11.4 Å². The predicted octanol–water partition coefficient (Wildman–Crippen LogP) is 3.67. The molecule has 4 nitrogen and oxygen atoms in total. The molecular formula is C14H18Cl2N2O2. The zero-order chi connectivity index (χ0) is 15.5. The number of nitrogens with zero attached hydrogens (tertiary/aromatic N) is 1. The van der Waals surface area contributed by atoms with Gasteiger partial charge in [0.1, 0.15) is 5.88 Å². The molecule has 0 saturated heterocycles. The van der Waals surface area contributed by atoms with Gasteiger partial charge in [-0.3, -0.25) is 9.59 Å². The smallest absolute Gasteiger partial charge is 0.239 e. The molecule has 0 fully saturated rings. The molecule has 0 radical (unpaired) electrons. The third-order valence-electron chi connectivity index (χ3n) is 2.71. The number of nitrogens with one attached hydrogen (secondary N) is 1. The molecule has 1 aromatic rings. The fraction of sp³-hybridized carbons (Fsp3) is 0.429. The number of carbonyl (C=O) groups is 2. The summed E-state index contributed by atoms with van der Waals surface area (Å²) in [6.45, 7) is 7.41. The number of rotatable bonds is 3. The summed E-state index contributed by atoms with van der Waals surface area (Å²) < 4.78 is 1.04. The summed E-state index contributed by atoms with van der Waals surface area (Å²) in [5.41, 5.74) is 1.88. The van der Waals surface area contributed by atoms with Gasteiger partial charge in [0.25, 0.3) is 0 Å². The van der Waals surface area contributed by atoms with E-state index in [0.717, 1.165) is 9.98 Å². The second-order valence-corrected chi connectivity index (χ2v) is 6.07.